The molecule has 1 aliphatic rings. The Labute approximate surface area is 219 Å². The fraction of sp³-hybridized carbons (Fsp3) is 0.172. The monoisotopic (exact) mass is 509 g/mol. The van der Waals surface area contributed by atoms with Crippen LogP contribution in [0.5, 0.6) is 0 Å². The zero-order valence-electron chi connectivity index (χ0n) is 20.8. The van der Waals surface area contributed by atoms with Crippen molar-refractivity contribution in [1.29, 1.82) is 0 Å². The van der Waals surface area contributed by atoms with E-state index in [1.54, 1.807) is 24.4 Å². The van der Waals surface area contributed by atoms with Gasteiger partial charge >= 0.3 is 6.09 Å². The largest absolute Gasteiger partial charge is 0.453 e. The number of ether oxygens (including phenoxy) is 1. The van der Waals surface area contributed by atoms with E-state index < -0.39 is 12.1 Å². The molecule has 0 radical (unpaired) electrons. The van der Waals surface area contributed by atoms with E-state index in [1.807, 2.05) is 54.6 Å². The Morgan fingerprint density at radius 3 is 2.71 bits per heavy atom. The zero-order valence-corrected chi connectivity index (χ0v) is 20.8. The van der Waals surface area contributed by atoms with Gasteiger partial charge in [-0.2, -0.15) is 0 Å². The molecule has 1 aromatic heterocycles. The minimum absolute atomic E-state index is 0.161. The van der Waals surface area contributed by atoms with Crippen molar-refractivity contribution >= 4 is 40.1 Å². The molecule has 0 unspecified atom stereocenters. The van der Waals surface area contributed by atoms with Gasteiger partial charge in [-0.05, 0) is 53.9 Å². The summed E-state index contributed by atoms with van der Waals surface area (Å²) in [5.74, 6) is 0.227. The molecule has 4 aromatic rings. The van der Waals surface area contributed by atoms with Crippen LogP contribution in [0.4, 0.5) is 16.2 Å². The Balaban J connectivity index is 1.45. The lowest BCUT2D eigenvalue weighted by Crippen LogP contribution is -2.29. The van der Waals surface area contributed by atoms with Gasteiger partial charge in [0.25, 0.3) is 5.91 Å². The number of aromatic nitrogens is 2. The maximum Gasteiger partial charge on any atom is 0.411 e. The number of allylic oxidation sites excluding steroid dienone is 1. The third kappa shape index (κ3) is 5.57. The van der Waals surface area contributed by atoms with Crippen LogP contribution in [-0.2, 0) is 9.53 Å². The van der Waals surface area contributed by atoms with E-state index in [-0.39, 0.29) is 18.2 Å². The topological polar surface area (TPSA) is 125 Å². The molecule has 0 saturated heterocycles. The van der Waals surface area contributed by atoms with Crippen LogP contribution in [0.1, 0.15) is 41.5 Å². The minimum Gasteiger partial charge on any atom is -0.453 e. The standard InChI is InChI=1S/C29H27N5O4/c1-38-29(37)31-21-13-14-22-24(16-21)32-26(35)10-4-2-3-9-23(27-30-17-25(22)33-27)34-28(36)20-12-11-18-7-5-6-8-19(18)15-20/h2-3,5-8,11-17,23H,4,9-10H2,1H3,(H,30,33)(H,31,37)(H,32,35)(H,34,36)/b3-2-/t23-/m0/s1. The number of fused-ring (bicyclic) bond motifs is 5. The van der Waals surface area contributed by atoms with Crippen molar-refractivity contribution in [2.24, 2.45) is 0 Å². The first kappa shape index (κ1) is 24.8. The molecule has 2 bridgehead atoms. The Bertz CT molecular complexity index is 1540. The number of hydrogen-bond acceptors (Lipinski definition) is 5. The molecule has 1 atom stereocenters. The SMILES string of the molecule is COC(=O)Nc1ccc2c(c1)NC(=O)CC/C=C\C[C@H](NC(=O)c1ccc3ccccc3c1)c1ncc-2[nH]1. The first-order valence-corrected chi connectivity index (χ1v) is 12.3. The average Bonchev–Trinajstić information content (AvgIpc) is 3.41. The van der Waals surface area contributed by atoms with Gasteiger partial charge in [0.05, 0.1) is 30.7 Å². The maximum absolute atomic E-state index is 13.2. The van der Waals surface area contributed by atoms with Gasteiger partial charge in [-0.1, -0.05) is 42.5 Å². The Hall–Kier alpha value is -4.92. The summed E-state index contributed by atoms with van der Waals surface area (Å²) in [5, 5.41) is 10.7. The van der Waals surface area contributed by atoms with E-state index in [0.717, 1.165) is 10.8 Å². The van der Waals surface area contributed by atoms with E-state index in [0.29, 0.717) is 46.9 Å². The van der Waals surface area contributed by atoms with Crippen LogP contribution in [0, 0.1) is 0 Å². The predicted octanol–water partition coefficient (Wildman–Crippen LogP) is 5.56. The number of nitrogens with one attached hydrogen (secondary N) is 4. The number of rotatable bonds is 3. The number of carbonyl (C=O) groups is 3. The molecule has 0 fully saturated rings. The molecule has 0 spiro atoms. The van der Waals surface area contributed by atoms with Crippen molar-refractivity contribution in [3.05, 3.63) is 90.4 Å². The van der Waals surface area contributed by atoms with Crippen LogP contribution in [0.2, 0.25) is 0 Å². The number of amides is 3. The molecule has 3 amide bonds. The summed E-state index contributed by atoms with van der Waals surface area (Å²) in [6.45, 7) is 0. The van der Waals surface area contributed by atoms with Crippen LogP contribution >= 0.6 is 0 Å². The highest BCUT2D eigenvalue weighted by Gasteiger charge is 2.20. The number of anilines is 2. The number of hydrogen-bond donors (Lipinski definition) is 4. The number of benzene rings is 3. The molecule has 9 heteroatoms. The minimum atomic E-state index is -0.611. The van der Waals surface area contributed by atoms with Crippen molar-refractivity contribution < 1.29 is 19.1 Å². The van der Waals surface area contributed by atoms with Gasteiger partial charge < -0.3 is 20.4 Å². The summed E-state index contributed by atoms with van der Waals surface area (Å²) in [4.78, 5) is 45.4. The summed E-state index contributed by atoms with van der Waals surface area (Å²) in [6.07, 6.45) is 6.25. The maximum atomic E-state index is 13.2. The lowest BCUT2D eigenvalue weighted by molar-refractivity contribution is -0.116. The van der Waals surface area contributed by atoms with Gasteiger partial charge in [-0.25, -0.2) is 9.78 Å². The normalized spacial score (nSPS) is 16.1. The average molecular weight is 510 g/mol. The molecule has 0 saturated carbocycles. The smallest absolute Gasteiger partial charge is 0.411 e. The van der Waals surface area contributed by atoms with E-state index >= 15 is 0 Å². The second-order valence-corrected chi connectivity index (χ2v) is 8.94. The number of aromatic amines is 1. The first-order chi connectivity index (χ1) is 18.5. The summed E-state index contributed by atoms with van der Waals surface area (Å²) in [5.41, 5.74) is 2.90. The van der Waals surface area contributed by atoms with E-state index in [4.69, 9.17) is 0 Å². The summed E-state index contributed by atoms with van der Waals surface area (Å²) < 4.78 is 4.67. The highest BCUT2D eigenvalue weighted by atomic mass is 16.5. The van der Waals surface area contributed by atoms with Crippen molar-refractivity contribution in [3.63, 3.8) is 0 Å². The second kappa shape index (κ2) is 11.0. The number of imidazole rings is 1. The van der Waals surface area contributed by atoms with E-state index in [9.17, 15) is 14.4 Å². The quantitative estimate of drug-likeness (QED) is 0.269. The van der Waals surface area contributed by atoms with Gasteiger partial charge in [0, 0.05) is 23.2 Å². The van der Waals surface area contributed by atoms with Crippen molar-refractivity contribution in [2.75, 3.05) is 17.7 Å². The van der Waals surface area contributed by atoms with Gasteiger partial charge in [0.15, 0.2) is 0 Å². The summed E-state index contributed by atoms with van der Waals surface area (Å²) >= 11 is 0. The lowest BCUT2D eigenvalue weighted by atomic mass is 10.1. The Kier molecular flexibility index (Phi) is 7.17. The molecule has 0 aliphatic carbocycles. The van der Waals surface area contributed by atoms with Gasteiger partial charge in [-0.3, -0.25) is 14.9 Å². The number of H-pyrrole nitrogens is 1. The van der Waals surface area contributed by atoms with E-state index in [2.05, 4.69) is 30.7 Å². The molecule has 3 aromatic carbocycles. The third-order valence-corrected chi connectivity index (χ3v) is 6.33. The molecular weight excluding hydrogens is 482 g/mol. The first-order valence-electron chi connectivity index (χ1n) is 12.3. The Morgan fingerprint density at radius 2 is 1.87 bits per heavy atom. The molecule has 192 valence electrons. The van der Waals surface area contributed by atoms with Crippen LogP contribution in [-0.4, -0.2) is 35.0 Å². The molecular formula is C29H27N5O4. The van der Waals surface area contributed by atoms with Crippen LogP contribution in [0.15, 0.2) is 79.0 Å². The molecule has 2 heterocycles. The third-order valence-electron chi connectivity index (χ3n) is 6.33. The summed E-state index contributed by atoms with van der Waals surface area (Å²) in [7, 11) is 1.28. The number of carbonyl (C=O) groups excluding carboxylic acids is 3. The van der Waals surface area contributed by atoms with Crippen molar-refractivity contribution in [3.8, 4) is 11.3 Å². The van der Waals surface area contributed by atoms with Crippen molar-refractivity contribution in [2.45, 2.75) is 25.3 Å². The zero-order chi connectivity index (χ0) is 26.5. The van der Waals surface area contributed by atoms with Gasteiger partial charge in [0.2, 0.25) is 5.91 Å². The molecule has 4 N–H and O–H groups in total. The number of nitrogens with zero attached hydrogens (tertiary/aromatic N) is 1. The summed E-state index contributed by atoms with van der Waals surface area (Å²) in [6, 6.07) is 18.3. The van der Waals surface area contributed by atoms with Crippen LogP contribution < -0.4 is 16.0 Å². The Morgan fingerprint density at radius 1 is 1.03 bits per heavy atom. The fourth-order valence-electron chi connectivity index (χ4n) is 4.37. The van der Waals surface area contributed by atoms with Crippen LogP contribution in [0.3, 0.4) is 0 Å². The van der Waals surface area contributed by atoms with Crippen molar-refractivity contribution in [1.82, 2.24) is 15.3 Å². The van der Waals surface area contributed by atoms with Crippen LogP contribution in [0.25, 0.3) is 22.0 Å². The fourth-order valence-corrected chi connectivity index (χ4v) is 4.37. The molecule has 9 nitrogen and oxygen atoms in total. The lowest BCUT2D eigenvalue weighted by Gasteiger charge is -2.16. The molecule has 5 rings (SSSR count). The predicted molar refractivity (Wildman–Crippen MR) is 146 cm³/mol. The highest BCUT2D eigenvalue weighted by Crippen LogP contribution is 2.31. The van der Waals surface area contributed by atoms with Gasteiger partial charge in [0.1, 0.15) is 5.82 Å². The molecule has 38 heavy (non-hydrogen) atoms. The van der Waals surface area contributed by atoms with E-state index in [1.165, 1.54) is 7.11 Å². The number of methoxy groups -OCH3 is 1. The second-order valence-electron chi connectivity index (χ2n) is 8.94. The highest BCUT2D eigenvalue weighted by molar-refractivity contribution is 5.99. The van der Waals surface area contributed by atoms with Gasteiger partial charge in [-0.15, -0.1) is 0 Å². The molecule has 1 aliphatic heterocycles.